The Morgan fingerprint density at radius 1 is 1.36 bits per heavy atom. The molecule has 2 aliphatic rings. The summed E-state index contributed by atoms with van der Waals surface area (Å²) in [7, 11) is 3.32. The number of carbonyl (C=O) groups excluding carboxylic acids is 3. The fraction of sp³-hybridized carbons (Fsp3) is 0.667. The molecule has 1 saturated carbocycles. The van der Waals surface area contributed by atoms with E-state index in [2.05, 4.69) is 10.4 Å². The van der Waals surface area contributed by atoms with Crippen LogP contribution in [0.15, 0.2) is 6.07 Å². The van der Waals surface area contributed by atoms with Gasteiger partial charge in [-0.25, -0.2) is 0 Å². The van der Waals surface area contributed by atoms with E-state index in [1.54, 1.807) is 19.0 Å². The largest absolute Gasteiger partial charge is 0.395 e. The molecule has 154 valence electrons. The van der Waals surface area contributed by atoms with Gasteiger partial charge in [0, 0.05) is 39.2 Å². The maximum atomic E-state index is 12.5. The first-order valence-corrected chi connectivity index (χ1v) is 9.50. The summed E-state index contributed by atoms with van der Waals surface area (Å²) < 4.78 is 1.53. The zero-order valence-electron chi connectivity index (χ0n) is 16.2. The van der Waals surface area contributed by atoms with Crippen LogP contribution in [-0.4, -0.2) is 93.5 Å². The first kappa shape index (κ1) is 20.3. The normalized spacial score (nSPS) is 24.6. The molecule has 3 N–H and O–H groups in total. The Bertz CT molecular complexity index is 764. The molecule has 0 radical (unpaired) electrons. The molecule has 10 heteroatoms. The van der Waals surface area contributed by atoms with Gasteiger partial charge >= 0.3 is 0 Å². The van der Waals surface area contributed by atoms with E-state index >= 15 is 0 Å². The lowest BCUT2D eigenvalue weighted by atomic mass is 9.83. The van der Waals surface area contributed by atoms with Crippen molar-refractivity contribution in [2.75, 3.05) is 33.8 Å². The number of carbonyl (C=O) groups is 3. The molecule has 2 heterocycles. The second kappa shape index (κ2) is 8.27. The second-order valence-corrected chi connectivity index (χ2v) is 7.51. The molecule has 1 aromatic heterocycles. The maximum Gasteiger partial charge on any atom is 0.272 e. The Morgan fingerprint density at radius 2 is 2.11 bits per heavy atom. The van der Waals surface area contributed by atoms with E-state index in [1.165, 1.54) is 15.6 Å². The SMILES string of the molecule is CN1CCn2nc(C(=O)N[C@@H]3CC[C@H](C(=O)N(C)CCO)C[C@H]3O)cc2C1=O. The van der Waals surface area contributed by atoms with Gasteiger partial charge in [-0.1, -0.05) is 0 Å². The van der Waals surface area contributed by atoms with Gasteiger partial charge in [0.2, 0.25) is 5.91 Å². The highest BCUT2D eigenvalue weighted by Gasteiger charge is 2.35. The van der Waals surface area contributed by atoms with Gasteiger partial charge in [-0.3, -0.25) is 19.1 Å². The van der Waals surface area contributed by atoms with Crippen molar-refractivity contribution in [1.29, 1.82) is 0 Å². The average molecular weight is 393 g/mol. The highest BCUT2D eigenvalue weighted by atomic mass is 16.3. The van der Waals surface area contributed by atoms with Crippen LogP contribution in [0, 0.1) is 5.92 Å². The zero-order chi connectivity index (χ0) is 20.4. The number of aromatic nitrogens is 2. The molecule has 3 rings (SSSR count). The minimum atomic E-state index is -0.848. The highest BCUT2D eigenvalue weighted by molar-refractivity contribution is 5.98. The summed E-state index contributed by atoms with van der Waals surface area (Å²) in [4.78, 5) is 40.0. The van der Waals surface area contributed by atoms with E-state index in [9.17, 15) is 19.5 Å². The predicted molar refractivity (Wildman–Crippen MR) is 98.5 cm³/mol. The summed E-state index contributed by atoms with van der Waals surface area (Å²) in [6.45, 7) is 1.21. The molecular weight excluding hydrogens is 366 g/mol. The Morgan fingerprint density at radius 3 is 2.79 bits per heavy atom. The summed E-state index contributed by atoms with van der Waals surface area (Å²) in [5.74, 6) is -1.05. The smallest absolute Gasteiger partial charge is 0.272 e. The van der Waals surface area contributed by atoms with Crippen molar-refractivity contribution in [2.24, 2.45) is 5.92 Å². The van der Waals surface area contributed by atoms with Crippen molar-refractivity contribution in [2.45, 2.75) is 38.0 Å². The Labute approximate surface area is 163 Å². The summed E-state index contributed by atoms with van der Waals surface area (Å²) in [6.07, 6.45) is 0.410. The number of nitrogens with one attached hydrogen (secondary N) is 1. The fourth-order valence-corrected chi connectivity index (χ4v) is 3.77. The molecule has 3 atom stereocenters. The number of rotatable bonds is 5. The summed E-state index contributed by atoms with van der Waals surface area (Å²) in [6, 6.07) is 0.996. The summed E-state index contributed by atoms with van der Waals surface area (Å²) in [5, 5.41) is 26.4. The van der Waals surface area contributed by atoms with Gasteiger partial charge in [0.05, 0.1) is 25.3 Å². The minimum absolute atomic E-state index is 0.108. The van der Waals surface area contributed by atoms with Crippen molar-refractivity contribution in [3.8, 4) is 0 Å². The lowest BCUT2D eigenvalue weighted by Crippen LogP contribution is -2.49. The zero-order valence-corrected chi connectivity index (χ0v) is 16.2. The van der Waals surface area contributed by atoms with Crippen LogP contribution >= 0.6 is 0 Å². The van der Waals surface area contributed by atoms with E-state index in [4.69, 9.17) is 5.11 Å². The second-order valence-electron chi connectivity index (χ2n) is 7.51. The first-order valence-electron chi connectivity index (χ1n) is 9.50. The van der Waals surface area contributed by atoms with Crippen LogP contribution < -0.4 is 5.32 Å². The molecule has 1 fully saturated rings. The third kappa shape index (κ3) is 4.02. The Hall–Kier alpha value is -2.46. The van der Waals surface area contributed by atoms with Crippen LogP contribution in [0.25, 0.3) is 0 Å². The molecular formula is C18H27N5O5. The lowest BCUT2D eigenvalue weighted by molar-refractivity contribution is -0.137. The molecule has 1 aliphatic carbocycles. The number of nitrogens with zero attached hydrogens (tertiary/aromatic N) is 4. The molecule has 0 bridgehead atoms. The van der Waals surface area contributed by atoms with Gasteiger partial charge < -0.3 is 25.3 Å². The monoisotopic (exact) mass is 393 g/mol. The maximum absolute atomic E-state index is 12.5. The Kier molecular flexibility index (Phi) is 5.99. The van der Waals surface area contributed by atoms with Crippen molar-refractivity contribution in [3.63, 3.8) is 0 Å². The standard InChI is InChI=1S/C18H27N5O5/c1-21-5-6-23-14(18(21)28)10-13(20-23)16(26)19-12-4-3-11(9-15(12)25)17(27)22(2)7-8-24/h10-12,15,24-25H,3-9H2,1-2H3,(H,19,26)/t11-,12+,15+/m0/s1. The predicted octanol–water partition coefficient (Wildman–Crippen LogP) is -1.32. The van der Waals surface area contributed by atoms with Gasteiger partial charge in [0.1, 0.15) is 5.69 Å². The molecule has 0 aromatic carbocycles. The molecule has 0 unspecified atom stereocenters. The van der Waals surface area contributed by atoms with Crippen molar-refractivity contribution < 1.29 is 24.6 Å². The van der Waals surface area contributed by atoms with Crippen LogP contribution in [0.1, 0.15) is 40.2 Å². The number of hydrogen-bond donors (Lipinski definition) is 3. The van der Waals surface area contributed by atoms with Gasteiger partial charge in [-0.05, 0) is 19.3 Å². The van der Waals surface area contributed by atoms with Gasteiger partial charge in [0.25, 0.3) is 11.8 Å². The molecule has 28 heavy (non-hydrogen) atoms. The molecule has 10 nitrogen and oxygen atoms in total. The fourth-order valence-electron chi connectivity index (χ4n) is 3.77. The summed E-state index contributed by atoms with van der Waals surface area (Å²) >= 11 is 0. The third-order valence-corrected chi connectivity index (χ3v) is 5.52. The third-order valence-electron chi connectivity index (χ3n) is 5.52. The van der Waals surface area contributed by atoms with Crippen LogP contribution in [0.2, 0.25) is 0 Å². The number of hydrogen-bond acceptors (Lipinski definition) is 6. The van der Waals surface area contributed by atoms with Crippen molar-refractivity contribution >= 4 is 17.7 Å². The van der Waals surface area contributed by atoms with E-state index in [-0.39, 0.29) is 43.0 Å². The highest BCUT2D eigenvalue weighted by Crippen LogP contribution is 2.26. The number of aliphatic hydroxyl groups is 2. The van der Waals surface area contributed by atoms with Crippen molar-refractivity contribution in [3.05, 3.63) is 17.5 Å². The van der Waals surface area contributed by atoms with E-state index in [0.29, 0.717) is 31.6 Å². The molecule has 3 amide bonds. The van der Waals surface area contributed by atoms with Gasteiger partial charge in [-0.2, -0.15) is 5.10 Å². The van der Waals surface area contributed by atoms with E-state index in [0.717, 1.165) is 0 Å². The molecule has 1 aliphatic heterocycles. The van der Waals surface area contributed by atoms with Gasteiger partial charge in [-0.15, -0.1) is 0 Å². The summed E-state index contributed by atoms with van der Waals surface area (Å²) in [5.41, 5.74) is 0.521. The molecule has 0 saturated heterocycles. The van der Waals surface area contributed by atoms with Crippen LogP contribution in [0.4, 0.5) is 0 Å². The minimum Gasteiger partial charge on any atom is -0.395 e. The number of amides is 3. The number of aliphatic hydroxyl groups excluding tert-OH is 2. The van der Waals surface area contributed by atoms with Crippen LogP contribution in [-0.2, 0) is 11.3 Å². The van der Waals surface area contributed by atoms with Crippen LogP contribution in [0.3, 0.4) is 0 Å². The van der Waals surface area contributed by atoms with Crippen LogP contribution in [0.5, 0.6) is 0 Å². The topological polar surface area (TPSA) is 128 Å². The Balaban J connectivity index is 1.59. The molecule has 1 aromatic rings. The van der Waals surface area contributed by atoms with Gasteiger partial charge in [0.15, 0.2) is 5.69 Å². The number of likely N-dealkylation sites (N-methyl/N-ethyl adjacent to an activating group) is 2. The van der Waals surface area contributed by atoms with Crippen molar-refractivity contribution in [1.82, 2.24) is 24.9 Å². The number of fused-ring (bicyclic) bond motifs is 1. The quantitative estimate of drug-likeness (QED) is 0.569. The van der Waals surface area contributed by atoms with E-state index < -0.39 is 18.1 Å². The molecule has 0 spiro atoms. The first-order chi connectivity index (χ1) is 13.3. The lowest BCUT2D eigenvalue weighted by Gasteiger charge is -2.34. The van der Waals surface area contributed by atoms with E-state index in [1.807, 2.05) is 0 Å². The average Bonchev–Trinajstić information content (AvgIpc) is 3.11.